The first kappa shape index (κ1) is 18.0. The minimum atomic E-state index is -0.822. The number of rotatable bonds is 7. The van der Waals surface area contributed by atoms with Crippen LogP contribution in [0.25, 0.3) is 0 Å². The monoisotopic (exact) mass is 332 g/mol. The van der Waals surface area contributed by atoms with E-state index < -0.39 is 12.0 Å². The average molecular weight is 332 g/mol. The molecule has 1 aromatic rings. The predicted octanol–water partition coefficient (Wildman–Crippen LogP) is 1.35. The van der Waals surface area contributed by atoms with E-state index in [1.54, 1.807) is 0 Å². The van der Waals surface area contributed by atoms with Crippen LogP contribution < -0.4 is 10.6 Å². The molecule has 1 unspecified atom stereocenters. The fourth-order valence-electron chi connectivity index (χ4n) is 2.77. The number of carboxylic acids is 1. The fraction of sp³-hybridized carbons (Fsp3) is 0.500. The van der Waals surface area contributed by atoms with E-state index >= 15 is 0 Å². The minimum Gasteiger partial charge on any atom is -0.481 e. The van der Waals surface area contributed by atoms with Gasteiger partial charge in [-0.1, -0.05) is 44.2 Å². The summed E-state index contributed by atoms with van der Waals surface area (Å²) in [4.78, 5) is 35.4. The molecule has 130 valence electrons. The summed E-state index contributed by atoms with van der Waals surface area (Å²) in [6.45, 7) is 3.74. The average Bonchev–Trinajstić information content (AvgIpc) is 2.48. The molecule has 1 aliphatic carbocycles. The highest BCUT2D eigenvalue weighted by Crippen LogP contribution is 2.27. The van der Waals surface area contributed by atoms with E-state index in [4.69, 9.17) is 5.11 Å². The molecule has 0 heterocycles. The molecule has 2 rings (SSSR count). The molecule has 1 saturated carbocycles. The van der Waals surface area contributed by atoms with Gasteiger partial charge in [-0.25, -0.2) is 0 Å². The molecule has 3 N–H and O–H groups in total. The van der Waals surface area contributed by atoms with Gasteiger partial charge in [0.2, 0.25) is 11.8 Å². The summed E-state index contributed by atoms with van der Waals surface area (Å²) in [6, 6.07) is 8.61. The van der Waals surface area contributed by atoms with Crippen molar-refractivity contribution in [2.24, 2.45) is 11.8 Å². The lowest BCUT2D eigenvalue weighted by molar-refractivity contribution is -0.146. The van der Waals surface area contributed by atoms with Crippen molar-refractivity contribution in [1.29, 1.82) is 0 Å². The Morgan fingerprint density at radius 1 is 1.17 bits per heavy atom. The maximum atomic E-state index is 12.4. The molecule has 6 nitrogen and oxygen atoms in total. The van der Waals surface area contributed by atoms with Crippen LogP contribution in [-0.4, -0.2) is 35.0 Å². The van der Waals surface area contributed by atoms with Gasteiger partial charge in [0.05, 0.1) is 12.3 Å². The van der Waals surface area contributed by atoms with Crippen molar-refractivity contribution in [3.8, 4) is 0 Å². The van der Waals surface area contributed by atoms with Crippen LogP contribution in [0.2, 0.25) is 0 Å². The molecule has 0 aliphatic heterocycles. The van der Waals surface area contributed by atoms with Gasteiger partial charge in [0.15, 0.2) is 0 Å². The topological polar surface area (TPSA) is 95.5 Å². The minimum absolute atomic E-state index is 0.0555. The van der Waals surface area contributed by atoms with E-state index in [2.05, 4.69) is 10.6 Å². The van der Waals surface area contributed by atoms with Gasteiger partial charge in [-0.05, 0) is 24.3 Å². The summed E-state index contributed by atoms with van der Waals surface area (Å²) < 4.78 is 0. The van der Waals surface area contributed by atoms with Crippen molar-refractivity contribution >= 4 is 17.8 Å². The van der Waals surface area contributed by atoms with Crippen LogP contribution in [0.4, 0.5) is 0 Å². The Hall–Kier alpha value is -2.37. The number of hydrogen-bond donors (Lipinski definition) is 3. The zero-order valence-corrected chi connectivity index (χ0v) is 14.0. The SMILES string of the molecule is CC(C)C(NC(=O)Cc1ccccc1)C(=O)NC1CC(C(=O)O)C1. The Balaban J connectivity index is 1.86. The normalized spacial score (nSPS) is 20.8. The van der Waals surface area contributed by atoms with Crippen LogP contribution in [0, 0.1) is 11.8 Å². The zero-order valence-electron chi connectivity index (χ0n) is 14.0. The van der Waals surface area contributed by atoms with Crippen molar-refractivity contribution in [2.75, 3.05) is 0 Å². The van der Waals surface area contributed by atoms with E-state index in [1.807, 2.05) is 44.2 Å². The third kappa shape index (κ3) is 4.81. The smallest absolute Gasteiger partial charge is 0.306 e. The Kier molecular flexibility index (Phi) is 5.95. The van der Waals surface area contributed by atoms with Crippen LogP contribution in [0.15, 0.2) is 30.3 Å². The van der Waals surface area contributed by atoms with Crippen molar-refractivity contribution in [3.63, 3.8) is 0 Å². The van der Waals surface area contributed by atoms with Gasteiger partial charge in [0.25, 0.3) is 0 Å². The highest BCUT2D eigenvalue weighted by atomic mass is 16.4. The Morgan fingerprint density at radius 2 is 1.79 bits per heavy atom. The van der Waals surface area contributed by atoms with Crippen LogP contribution in [0.5, 0.6) is 0 Å². The number of carboxylic acid groups (broad SMARTS) is 1. The Morgan fingerprint density at radius 3 is 2.33 bits per heavy atom. The highest BCUT2D eigenvalue weighted by Gasteiger charge is 2.36. The van der Waals surface area contributed by atoms with Crippen molar-refractivity contribution in [1.82, 2.24) is 10.6 Å². The summed E-state index contributed by atoms with van der Waals surface area (Å²) in [7, 11) is 0. The summed E-state index contributed by atoms with van der Waals surface area (Å²) in [5.41, 5.74) is 0.890. The van der Waals surface area contributed by atoms with Crippen LogP contribution in [-0.2, 0) is 20.8 Å². The van der Waals surface area contributed by atoms with Crippen molar-refractivity contribution < 1.29 is 19.5 Å². The van der Waals surface area contributed by atoms with Gasteiger partial charge < -0.3 is 15.7 Å². The third-order valence-corrected chi connectivity index (χ3v) is 4.31. The summed E-state index contributed by atoms with van der Waals surface area (Å²) in [5, 5.41) is 14.5. The van der Waals surface area contributed by atoms with Crippen LogP contribution in [0.3, 0.4) is 0 Å². The number of nitrogens with one attached hydrogen (secondary N) is 2. The molecule has 1 aromatic carbocycles. The molecular weight excluding hydrogens is 308 g/mol. The van der Waals surface area contributed by atoms with Gasteiger partial charge in [0.1, 0.15) is 6.04 Å². The molecule has 0 spiro atoms. The molecule has 24 heavy (non-hydrogen) atoms. The zero-order chi connectivity index (χ0) is 17.7. The first-order valence-corrected chi connectivity index (χ1v) is 8.23. The second-order valence-corrected chi connectivity index (χ2v) is 6.66. The number of aliphatic carboxylic acids is 1. The van der Waals surface area contributed by atoms with Gasteiger partial charge in [-0.15, -0.1) is 0 Å². The maximum absolute atomic E-state index is 12.4. The molecule has 0 aromatic heterocycles. The predicted molar refractivity (Wildman–Crippen MR) is 89.2 cm³/mol. The Bertz CT molecular complexity index is 594. The molecule has 1 atom stereocenters. The standard InChI is InChI=1S/C18H24N2O4/c1-11(2)16(17(22)19-14-9-13(10-14)18(23)24)20-15(21)8-12-6-4-3-5-7-12/h3-7,11,13-14,16H,8-10H2,1-2H3,(H,19,22)(H,20,21)(H,23,24). The van der Waals surface area contributed by atoms with Gasteiger partial charge >= 0.3 is 5.97 Å². The van der Waals surface area contributed by atoms with Gasteiger partial charge in [-0.3, -0.25) is 14.4 Å². The molecular formula is C18H24N2O4. The van der Waals surface area contributed by atoms with E-state index in [9.17, 15) is 14.4 Å². The van der Waals surface area contributed by atoms with E-state index in [-0.39, 0.29) is 36.1 Å². The van der Waals surface area contributed by atoms with Crippen molar-refractivity contribution in [2.45, 2.75) is 45.2 Å². The quantitative estimate of drug-likeness (QED) is 0.702. The molecule has 0 saturated heterocycles. The lowest BCUT2D eigenvalue weighted by Gasteiger charge is -2.34. The highest BCUT2D eigenvalue weighted by molar-refractivity contribution is 5.89. The van der Waals surface area contributed by atoms with Gasteiger partial charge in [-0.2, -0.15) is 0 Å². The summed E-state index contributed by atoms with van der Waals surface area (Å²) in [5.74, 6) is -1.70. The lowest BCUT2D eigenvalue weighted by atomic mass is 9.80. The number of carbonyl (C=O) groups excluding carboxylic acids is 2. The van der Waals surface area contributed by atoms with E-state index in [0.717, 1.165) is 5.56 Å². The molecule has 0 radical (unpaired) electrons. The second-order valence-electron chi connectivity index (χ2n) is 6.66. The van der Waals surface area contributed by atoms with E-state index in [1.165, 1.54) is 0 Å². The molecule has 0 bridgehead atoms. The van der Waals surface area contributed by atoms with Crippen molar-refractivity contribution in [3.05, 3.63) is 35.9 Å². The fourth-order valence-corrected chi connectivity index (χ4v) is 2.77. The van der Waals surface area contributed by atoms with E-state index in [0.29, 0.717) is 12.8 Å². The summed E-state index contributed by atoms with van der Waals surface area (Å²) in [6.07, 6.45) is 1.12. The number of carbonyl (C=O) groups is 3. The van der Waals surface area contributed by atoms with Gasteiger partial charge in [0, 0.05) is 6.04 Å². The maximum Gasteiger partial charge on any atom is 0.306 e. The summed E-state index contributed by atoms with van der Waals surface area (Å²) >= 11 is 0. The van der Waals surface area contributed by atoms with Crippen LogP contribution in [0.1, 0.15) is 32.3 Å². The number of amides is 2. The van der Waals surface area contributed by atoms with Crippen LogP contribution >= 0.6 is 0 Å². The molecule has 1 fully saturated rings. The number of hydrogen-bond acceptors (Lipinski definition) is 3. The molecule has 6 heteroatoms. The molecule has 2 amide bonds. The number of benzene rings is 1. The largest absolute Gasteiger partial charge is 0.481 e. The lowest BCUT2D eigenvalue weighted by Crippen LogP contribution is -2.55. The first-order chi connectivity index (χ1) is 11.4. The third-order valence-electron chi connectivity index (χ3n) is 4.31. The molecule has 1 aliphatic rings. The second kappa shape index (κ2) is 7.95. The Labute approximate surface area is 141 Å². The first-order valence-electron chi connectivity index (χ1n) is 8.23.